The topological polar surface area (TPSA) is 106 Å². The summed E-state index contributed by atoms with van der Waals surface area (Å²) in [5.74, 6) is -0.0405. The Hall–Kier alpha value is -3.48. The molecule has 5 nitrogen and oxygen atoms in total. The largest absolute Gasteiger partial charge is 0.384 e. The number of rotatable bonds is 3. The molecule has 3 aromatic rings. The summed E-state index contributed by atoms with van der Waals surface area (Å²) in [6.07, 6.45) is 2.01. The zero-order valence-corrected chi connectivity index (χ0v) is 14.7. The fraction of sp³-hybridized carbons (Fsp3) is 0.0500. The highest BCUT2D eigenvalue weighted by Gasteiger charge is 2.18. The van der Waals surface area contributed by atoms with E-state index >= 15 is 0 Å². The van der Waals surface area contributed by atoms with Crippen molar-refractivity contribution in [1.82, 2.24) is 4.98 Å². The molecule has 0 spiro atoms. The predicted octanol–water partition coefficient (Wildman–Crippen LogP) is 3.76. The molecule has 0 fully saturated rings. The number of nitrogens with one attached hydrogen (secondary N) is 1. The van der Waals surface area contributed by atoms with Crippen molar-refractivity contribution in [1.29, 1.82) is 10.5 Å². The van der Waals surface area contributed by atoms with Crippen LogP contribution >= 0.6 is 11.8 Å². The first kappa shape index (κ1) is 17.3. The van der Waals surface area contributed by atoms with Gasteiger partial charge < -0.3 is 10.7 Å². The van der Waals surface area contributed by atoms with Crippen molar-refractivity contribution >= 4 is 17.6 Å². The first-order valence-electron chi connectivity index (χ1n) is 7.70. The van der Waals surface area contributed by atoms with Crippen molar-refractivity contribution in [3.8, 4) is 34.4 Å². The highest BCUT2D eigenvalue weighted by Crippen LogP contribution is 2.31. The Kier molecular flexibility index (Phi) is 4.79. The van der Waals surface area contributed by atoms with Crippen LogP contribution in [0.25, 0.3) is 22.3 Å². The van der Waals surface area contributed by atoms with E-state index in [4.69, 9.17) is 5.73 Å². The molecule has 0 aliphatic carbocycles. The molecule has 1 heterocycles. The highest BCUT2D eigenvalue weighted by atomic mass is 32.2. The highest BCUT2D eigenvalue weighted by molar-refractivity contribution is 7.98. The maximum absolute atomic E-state index is 12.1. The zero-order valence-electron chi connectivity index (χ0n) is 13.9. The van der Waals surface area contributed by atoms with Gasteiger partial charge in [-0.25, -0.2) is 0 Å². The molecule has 0 atom stereocenters. The predicted molar refractivity (Wildman–Crippen MR) is 104 cm³/mol. The average molecular weight is 358 g/mol. The van der Waals surface area contributed by atoms with Crippen molar-refractivity contribution in [3.05, 3.63) is 70.0 Å². The molecule has 126 valence electrons. The molecule has 26 heavy (non-hydrogen) atoms. The molecule has 0 bridgehead atoms. The van der Waals surface area contributed by atoms with Crippen LogP contribution in [0.1, 0.15) is 11.1 Å². The summed E-state index contributed by atoms with van der Waals surface area (Å²) in [5.41, 5.74) is 7.94. The Morgan fingerprint density at radius 3 is 2.23 bits per heavy atom. The van der Waals surface area contributed by atoms with E-state index in [1.165, 1.54) is 0 Å². The SMILES string of the molecule is CSc1ccc(-c2cccc(-c3c(C#N)c(N)[nH]c(=O)c3C#N)c2)cc1. The maximum atomic E-state index is 12.1. The number of thioether (sulfide) groups is 1. The van der Waals surface area contributed by atoms with Gasteiger partial charge in [0.2, 0.25) is 0 Å². The second-order valence-electron chi connectivity index (χ2n) is 5.53. The molecule has 3 rings (SSSR count). The zero-order chi connectivity index (χ0) is 18.7. The Bertz CT molecular complexity index is 1120. The molecule has 0 aliphatic heterocycles. The summed E-state index contributed by atoms with van der Waals surface area (Å²) in [5, 5.41) is 18.8. The molecule has 1 aromatic heterocycles. The van der Waals surface area contributed by atoms with Gasteiger partial charge in [-0.3, -0.25) is 4.79 Å². The van der Waals surface area contributed by atoms with Crippen LogP contribution in [0.2, 0.25) is 0 Å². The minimum atomic E-state index is -0.603. The number of pyridine rings is 1. The minimum Gasteiger partial charge on any atom is -0.384 e. The van der Waals surface area contributed by atoms with Crippen molar-refractivity contribution in [2.75, 3.05) is 12.0 Å². The van der Waals surface area contributed by atoms with Crippen molar-refractivity contribution < 1.29 is 0 Å². The molecule has 0 radical (unpaired) electrons. The number of hydrogen-bond acceptors (Lipinski definition) is 5. The van der Waals surface area contributed by atoms with Gasteiger partial charge >= 0.3 is 0 Å². The van der Waals surface area contributed by atoms with Crippen LogP contribution in [0.4, 0.5) is 5.82 Å². The monoisotopic (exact) mass is 358 g/mol. The second kappa shape index (κ2) is 7.18. The third-order valence-corrected chi connectivity index (χ3v) is 4.79. The van der Waals surface area contributed by atoms with E-state index in [9.17, 15) is 15.3 Å². The number of nitrogens with zero attached hydrogens (tertiary/aromatic N) is 2. The lowest BCUT2D eigenvalue weighted by Gasteiger charge is -2.11. The van der Waals surface area contributed by atoms with Gasteiger partial charge in [-0.05, 0) is 41.1 Å². The Balaban J connectivity index is 2.22. The van der Waals surface area contributed by atoms with E-state index in [0.29, 0.717) is 5.56 Å². The molecule has 0 aliphatic rings. The number of anilines is 1. The van der Waals surface area contributed by atoms with Crippen LogP contribution in [-0.2, 0) is 0 Å². The van der Waals surface area contributed by atoms with Crippen molar-refractivity contribution in [3.63, 3.8) is 0 Å². The normalized spacial score (nSPS) is 10.1. The quantitative estimate of drug-likeness (QED) is 0.693. The summed E-state index contributed by atoms with van der Waals surface area (Å²) in [4.78, 5) is 15.6. The molecular formula is C20H14N4OS. The van der Waals surface area contributed by atoms with E-state index in [0.717, 1.165) is 16.0 Å². The van der Waals surface area contributed by atoms with Crippen LogP contribution in [-0.4, -0.2) is 11.2 Å². The molecular weight excluding hydrogens is 344 g/mol. The first-order chi connectivity index (χ1) is 12.6. The van der Waals surface area contributed by atoms with Gasteiger partial charge in [-0.2, -0.15) is 10.5 Å². The lowest BCUT2D eigenvalue weighted by Crippen LogP contribution is -2.16. The van der Waals surface area contributed by atoms with Crippen molar-refractivity contribution in [2.45, 2.75) is 4.90 Å². The molecule has 0 saturated carbocycles. The molecule has 2 aromatic carbocycles. The minimum absolute atomic E-state index is 0.0405. The summed E-state index contributed by atoms with van der Waals surface area (Å²) >= 11 is 1.66. The fourth-order valence-corrected chi connectivity index (χ4v) is 3.18. The molecule has 0 amide bonds. The lowest BCUT2D eigenvalue weighted by atomic mass is 9.94. The van der Waals surface area contributed by atoms with E-state index < -0.39 is 5.56 Å². The van der Waals surface area contributed by atoms with Gasteiger partial charge in [0.1, 0.15) is 29.1 Å². The number of H-pyrrole nitrogens is 1. The number of hydrogen-bond donors (Lipinski definition) is 2. The molecule has 3 N–H and O–H groups in total. The summed E-state index contributed by atoms with van der Waals surface area (Å²) in [7, 11) is 0. The van der Waals surface area contributed by atoms with Crippen molar-refractivity contribution in [2.24, 2.45) is 0 Å². The standard InChI is InChI=1S/C20H14N4OS/c1-26-15-7-5-12(6-8-15)13-3-2-4-14(9-13)18-16(10-21)19(23)24-20(25)17(18)11-22/h2-9H,1H3,(H3,23,24,25). The number of benzene rings is 2. The van der Waals surface area contributed by atoms with Crippen LogP contribution in [0.3, 0.4) is 0 Å². The number of aromatic amines is 1. The first-order valence-corrected chi connectivity index (χ1v) is 8.92. The summed E-state index contributed by atoms with van der Waals surface area (Å²) < 4.78 is 0. The van der Waals surface area contributed by atoms with Gasteiger partial charge in [0.25, 0.3) is 5.56 Å². The second-order valence-corrected chi connectivity index (χ2v) is 6.41. The lowest BCUT2D eigenvalue weighted by molar-refractivity contribution is 1.21. The van der Waals surface area contributed by atoms with E-state index in [1.54, 1.807) is 17.8 Å². The number of nitrogen functional groups attached to an aromatic ring is 1. The Morgan fingerprint density at radius 1 is 0.962 bits per heavy atom. The van der Waals surface area contributed by atoms with Crippen LogP contribution in [0.15, 0.2) is 58.2 Å². The van der Waals surface area contributed by atoms with E-state index in [-0.39, 0.29) is 22.5 Å². The number of nitriles is 2. The van der Waals surface area contributed by atoms with Gasteiger partial charge in [-0.1, -0.05) is 30.3 Å². The number of nitrogens with two attached hydrogens (primary N) is 1. The smallest absolute Gasteiger partial charge is 0.268 e. The molecule has 0 saturated heterocycles. The van der Waals surface area contributed by atoms with Crippen LogP contribution in [0, 0.1) is 22.7 Å². The summed E-state index contributed by atoms with van der Waals surface area (Å²) in [6.45, 7) is 0. The summed E-state index contributed by atoms with van der Waals surface area (Å²) in [6, 6.07) is 19.3. The van der Waals surface area contributed by atoms with Gasteiger partial charge in [0.15, 0.2) is 0 Å². The Labute approximate surface area is 154 Å². The van der Waals surface area contributed by atoms with Gasteiger partial charge in [0.05, 0.1) is 0 Å². The third kappa shape index (κ3) is 3.06. The van der Waals surface area contributed by atoms with Gasteiger partial charge in [0, 0.05) is 10.5 Å². The Morgan fingerprint density at radius 2 is 1.62 bits per heavy atom. The van der Waals surface area contributed by atoms with Crippen LogP contribution < -0.4 is 11.3 Å². The van der Waals surface area contributed by atoms with Crippen LogP contribution in [0.5, 0.6) is 0 Å². The van der Waals surface area contributed by atoms with Gasteiger partial charge in [-0.15, -0.1) is 11.8 Å². The molecule has 0 unspecified atom stereocenters. The number of aromatic nitrogens is 1. The van der Waals surface area contributed by atoms with E-state index in [1.807, 2.05) is 60.9 Å². The molecule has 6 heteroatoms. The fourth-order valence-electron chi connectivity index (χ4n) is 2.77. The van der Waals surface area contributed by atoms with E-state index in [2.05, 4.69) is 4.98 Å². The third-order valence-electron chi connectivity index (χ3n) is 4.04. The average Bonchev–Trinajstić information content (AvgIpc) is 2.67. The maximum Gasteiger partial charge on any atom is 0.268 e.